The van der Waals surface area contributed by atoms with E-state index >= 15 is 0 Å². The Morgan fingerprint density at radius 2 is 2.00 bits per heavy atom. The molecule has 126 valence electrons. The molecule has 1 aliphatic heterocycles. The summed E-state index contributed by atoms with van der Waals surface area (Å²) in [5.41, 5.74) is 0.942. The van der Waals surface area contributed by atoms with Crippen LogP contribution in [0.25, 0.3) is 0 Å². The molecule has 0 aliphatic carbocycles. The minimum Gasteiger partial charge on any atom is -0.341 e. The summed E-state index contributed by atoms with van der Waals surface area (Å²) in [6.45, 7) is 0.920. The zero-order chi connectivity index (χ0) is 16.9. The quantitative estimate of drug-likeness (QED) is 0.790. The Morgan fingerprint density at radius 1 is 1.21 bits per heavy atom. The lowest BCUT2D eigenvalue weighted by Gasteiger charge is -2.28. The van der Waals surface area contributed by atoms with E-state index < -0.39 is 12.1 Å². The summed E-state index contributed by atoms with van der Waals surface area (Å²) >= 11 is 1.73. The number of nitrogens with one attached hydrogen (secondary N) is 3. The van der Waals surface area contributed by atoms with Crippen molar-refractivity contribution in [2.24, 2.45) is 0 Å². The molecule has 5 nitrogen and oxygen atoms in total. The normalized spacial score (nSPS) is 21.2. The lowest BCUT2D eigenvalue weighted by atomic mass is 10.0. The number of likely N-dealkylation sites (tertiary alicyclic amines) is 1. The number of urea groups is 1. The molecule has 1 unspecified atom stereocenters. The summed E-state index contributed by atoms with van der Waals surface area (Å²) in [6, 6.07) is 13.4. The Bertz CT molecular complexity index is 688. The maximum Gasteiger partial charge on any atom is 0.321 e. The van der Waals surface area contributed by atoms with E-state index in [0.29, 0.717) is 6.04 Å². The number of quaternary nitrogens is 1. The minimum atomic E-state index is -0.466. The number of thiophene rings is 1. The number of hydrogen-bond donors (Lipinski definition) is 3. The smallest absolute Gasteiger partial charge is 0.321 e. The lowest BCUT2D eigenvalue weighted by Crippen LogP contribution is -3.11. The molecule has 24 heavy (non-hydrogen) atoms. The molecule has 6 heteroatoms. The van der Waals surface area contributed by atoms with Crippen molar-refractivity contribution in [3.63, 3.8) is 0 Å². The third-order valence-electron chi connectivity index (χ3n) is 4.52. The summed E-state index contributed by atoms with van der Waals surface area (Å²) in [6.07, 6.45) is 2.14. The van der Waals surface area contributed by atoms with Crippen molar-refractivity contribution in [1.82, 2.24) is 10.6 Å². The molecule has 3 N–H and O–H groups in total. The molecule has 3 atom stereocenters. The molecule has 0 spiro atoms. The molecule has 0 radical (unpaired) electrons. The van der Waals surface area contributed by atoms with Crippen molar-refractivity contribution in [1.29, 1.82) is 0 Å². The van der Waals surface area contributed by atoms with Crippen LogP contribution in [0, 0.1) is 0 Å². The van der Waals surface area contributed by atoms with E-state index in [-0.39, 0.29) is 5.91 Å². The van der Waals surface area contributed by atoms with Gasteiger partial charge in [-0.25, -0.2) is 4.79 Å². The Balaban J connectivity index is 1.92. The number of benzene rings is 1. The summed E-state index contributed by atoms with van der Waals surface area (Å²) < 4.78 is 0. The van der Waals surface area contributed by atoms with Crippen LogP contribution >= 0.6 is 11.3 Å². The van der Waals surface area contributed by atoms with Crippen molar-refractivity contribution in [3.8, 4) is 0 Å². The number of carbonyl (C=O) groups excluding carboxylic acids is 2. The maximum absolute atomic E-state index is 12.8. The Labute approximate surface area is 145 Å². The van der Waals surface area contributed by atoms with E-state index in [0.717, 1.165) is 24.9 Å². The van der Waals surface area contributed by atoms with Gasteiger partial charge in [-0.3, -0.25) is 10.1 Å². The van der Waals surface area contributed by atoms with Crippen molar-refractivity contribution in [2.75, 3.05) is 13.6 Å². The first-order valence-electron chi connectivity index (χ1n) is 8.17. The van der Waals surface area contributed by atoms with Crippen molar-refractivity contribution >= 4 is 23.3 Å². The molecule has 1 aliphatic rings. The third-order valence-corrected chi connectivity index (χ3v) is 5.51. The highest BCUT2D eigenvalue weighted by Crippen LogP contribution is 2.26. The van der Waals surface area contributed by atoms with Crippen LogP contribution in [0.4, 0.5) is 4.79 Å². The topological polar surface area (TPSA) is 62.6 Å². The summed E-state index contributed by atoms with van der Waals surface area (Å²) in [4.78, 5) is 27.0. The van der Waals surface area contributed by atoms with Crippen molar-refractivity contribution < 1.29 is 14.5 Å². The van der Waals surface area contributed by atoms with Gasteiger partial charge in [0.15, 0.2) is 6.04 Å². The average Bonchev–Trinajstić information content (AvgIpc) is 3.27. The minimum absolute atomic E-state index is 0.251. The van der Waals surface area contributed by atoms with Gasteiger partial charge < -0.3 is 10.2 Å². The van der Waals surface area contributed by atoms with Crippen molar-refractivity contribution in [2.45, 2.75) is 24.9 Å². The van der Waals surface area contributed by atoms with Crippen LogP contribution in [0.1, 0.15) is 35.4 Å². The molecular formula is C18H22N3O2S+. The molecule has 2 aromatic rings. The van der Waals surface area contributed by atoms with E-state index in [1.165, 1.54) is 16.8 Å². The first-order chi connectivity index (χ1) is 11.7. The highest BCUT2D eigenvalue weighted by molar-refractivity contribution is 7.10. The summed E-state index contributed by atoms with van der Waals surface area (Å²) in [5.74, 6) is -0.251. The van der Waals surface area contributed by atoms with Crippen LogP contribution in [0.2, 0.25) is 0 Å². The SMILES string of the molecule is CNC(=O)NC(=O)[C@@H](c1ccccc1)[NH+]1CCC[C@@H]1c1cccs1. The van der Waals surface area contributed by atoms with Crippen LogP contribution in [0.3, 0.4) is 0 Å². The van der Waals surface area contributed by atoms with Gasteiger partial charge in [-0.2, -0.15) is 0 Å². The predicted molar refractivity (Wildman–Crippen MR) is 93.9 cm³/mol. The highest BCUT2D eigenvalue weighted by Gasteiger charge is 2.41. The molecule has 1 fully saturated rings. The largest absolute Gasteiger partial charge is 0.341 e. The fourth-order valence-electron chi connectivity index (χ4n) is 3.46. The van der Waals surface area contributed by atoms with Gasteiger partial charge in [0, 0.05) is 25.5 Å². The first kappa shape index (κ1) is 16.7. The summed E-state index contributed by atoms with van der Waals surface area (Å²) in [5, 5.41) is 6.99. The Hall–Kier alpha value is -2.18. The second-order valence-electron chi connectivity index (χ2n) is 5.95. The van der Waals surface area contributed by atoms with Gasteiger partial charge in [0.1, 0.15) is 6.04 Å². The third kappa shape index (κ3) is 3.49. The van der Waals surface area contributed by atoms with E-state index in [4.69, 9.17) is 0 Å². The molecule has 0 saturated carbocycles. The van der Waals surface area contributed by atoms with Gasteiger partial charge in [0.25, 0.3) is 5.91 Å². The van der Waals surface area contributed by atoms with E-state index in [1.54, 1.807) is 11.3 Å². The molecule has 1 aromatic heterocycles. The molecule has 2 heterocycles. The van der Waals surface area contributed by atoms with Crippen LogP contribution in [-0.4, -0.2) is 25.5 Å². The number of carbonyl (C=O) groups is 2. The Kier molecular flexibility index (Phi) is 5.27. The van der Waals surface area contributed by atoms with Crippen LogP contribution < -0.4 is 15.5 Å². The second-order valence-corrected chi connectivity index (χ2v) is 6.93. The molecule has 3 amide bonds. The van der Waals surface area contributed by atoms with Gasteiger partial charge in [-0.1, -0.05) is 36.4 Å². The lowest BCUT2D eigenvalue weighted by molar-refractivity contribution is -0.939. The van der Waals surface area contributed by atoms with Crippen molar-refractivity contribution in [3.05, 3.63) is 58.3 Å². The maximum atomic E-state index is 12.8. The van der Waals surface area contributed by atoms with Gasteiger partial charge in [-0.15, -0.1) is 11.3 Å². The monoisotopic (exact) mass is 344 g/mol. The Morgan fingerprint density at radius 3 is 2.67 bits per heavy atom. The fourth-order valence-corrected chi connectivity index (χ4v) is 4.36. The van der Waals surface area contributed by atoms with Crippen LogP contribution in [0.15, 0.2) is 47.8 Å². The standard InChI is InChI=1S/C18H21N3O2S/c1-19-18(23)20-17(22)16(13-7-3-2-4-8-13)21-11-5-9-14(21)15-10-6-12-24-15/h2-4,6-8,10,12,14,16H,5,9,11H2,1H3,(H2,19,20,22,23)/p+1/t14-,16-/m1/s1. The number of amides is 3. The van der Waals surface area contributed by atoms with E-state index in [9.17, 15) is 9.59 Å². The van der Waals surface area contributed by atoms with Crippen LogP contribution in [-0.2, 0) is 4.79 Å². The average molecular weight is 344 g/mol. The number of imide groups is 1. The second kappa shape index (κ2) is 7.59. The highest BCUT2D eigenvalue weighted by atomic mass is 32.1. The summed E-state index contributed by atoms with van der Waals surface area (Å²) in [7, 11) is 1.51. The zero-order valence-corrected chi connectivity index (χ0v) is 14.4. The van der Waals surface area contributed by atoms with E-state index in [1.807, 2.05) is 30.3 Å². The van der Waals surface area contributed by atoms with Crippen LogP contribution in [0.5, 0.6) is 0 Å². The number of rotatable bonds is 4. The van der Waals surface area contributed by atoms with Gasteiger partial charge in [0.2, 0.25) is 0 Å². The van der Waals surface area contributed by atoms with Gasteiger partial charge in [-0.05, 0) is 11.4 Å². The molecule has 0 bridgehead atoms. The van der Waals surface area contributed by atoms with E-state index in [2.05, 4.69) is 28.1 Å². The van der Waals surface area contributed by atoms with Gasteiger partial charge >= 0.3 is 6.03 Å². The first-order valence-corrected chi connectivity index (χ1v) is 9.05. The predicted octanol–water partition coefficient (Wildman–Crippen LogP) is 1.66. The zero-order valence-electron chi connectivity index (χ0n) is 13.6. The fraction of sp³-hybridized carbons (Fsp3) is 0.333. The molecule has 1 aromatic carbocycles. The number of hydrogen-bond acceptors (Lipinski definition) is 3. The van der Waals surface area contributed by atoms with Gasteiger partial charge in [0.05, 0.1) is 11.4 Å². The molecule has 3 rings (SSSR count). The molecule has 1 saturated heterocycles. The molecular weight excluding hydrogens is 322 g/mol.